The molecule has 3 nitrogen and oxygen atoms in total. The first kappa shape index (κ1) is 12.3. The van der Waals surface area contributed by atoms with Crippen LogP contribution >= 0.6 is 0 Å². The molecule has 1 aromatic heterocycles. The van der Waals surface area contributed by atoms with Crippen LogP contribution in [0.1, 0.15) is 27.3 Å². The lowest BCUT2D eigenvalue weighted by molar-refractivity contribution is 0.103. The van der Waals surface area contributed by atoms with Crippen molar-refractivity contribution in [3.8, 4) is 0 Å². The second kappa shape index (κ2) is 4.60. The Morgan fingerprint density at radius 2 is 1.61 bits per heavy atom. The van der Waals surface area contributed by atoms with E-state index < -0.39 is 17.4 Å². The van der Waals surface area contributed by atoms with Crippen molar-refractivity contribution in [3.63, 3.8) is 0 Å². The van der Waals surface area contributed by atoms with Gasteiger partial charge in [-0.05, 0) is 32.0 Å². The highest BCUT2D eigenvalue weighted by atomic mass is 19.1. The number of nitrogens with zero attached hydrogens (tertiary/aromatic N) is 2. The van der Waals surface area contributed by atoms with Crippen LogP contribution in [0.5, 0.6) is 0 Å². The topological polar surface area (TPSA) is 42.9 Å². The van der Waals surface area contributed by atoms with Gasteiger partial charge in [-0.2, -0.15) is 10.2 Å². The first-order valence-electron chi connectivity index (χ1n) is 5.29. The van der Waals surface area contributed by atoms with E-state index in [1.165, 1.54) is 0 Å². The van der Waals surface area contributed by atoms with E-state index in [-0.39, 0.29) is 5.56 Å². The SMILES string of the molecule is Cc1cc(C(=O)c2cc(F)cc(F)c2)c(C)nn1. The Kier molecular flexibility index (Phi) is 3.14. The van der Waals surface area contributed by atoms with Gasteiger partial charge >= 0.3 is 0 Å². The molecule has 0 N–H and O–H groups in total. The quantitative estimate of drug-likeness (QED) is 0.767. The van der Waals surface area contributed by atoms with Crippen LogP contribution in [0.3, 0.4) is 0 Å². The molecule has 0 spiro atoms. The zero-order valence-corrected chi connectivity index (χ0v) is 9.87. The molecular formula is C13H10F2N2O. The molecule has 0 aliphatic heterocycles. The molecule has 0 saturated heterocycles. The molecule has 0 unspecified atom stereocenters. The third kappa shape index (κ3) is 2.40. The first-order valence-corrected chi connectivity index (χ1v) is 5.29. The van der Waals surface area contributed by atoms with Crippen LogP contribution in [0.15, 0.2) is 24.3 Å². The van der Waals surface area contributed by atoms with E-state index in [2.05, 4.69) is 10.2 Å². The second-order valence-corrected chi connectivity index (χ2v) is 3.97. The zero-order chi connectivity index (χ0) is 13.3. The van der Waals surface area contributed by atoms with Crippen molar-refractivity contribution in [1.82, 2.24) is 10.2 Å². The van der Waals surface area contributed by atoms with Crippen molar-refractivity contribution in [3.05, 3.63) is 58.4 Å². The fourth-order valence-electron chi connectivity index (χ4n) is 1.62. The van der Waals surface area contributed by atoms with Crippen molar-refractivity contribution in [2.45, 2.75) is 13.8 Å². The number of rotatable bonds is 2. The average Bonchev–Trinajstić information content (AvgIpc) is 2.30. The van der Waals surface area contributed by atoms with Gasteiger partial charge in [-0.25, -0.2) is 8.78 Å². The van der Waals surface area contributed by atoms with Crippen molar-refractivity contribution >= 4 is 5.78 Å². The van der Waals surface area contributed by atoms with Gasteiger partial charge in [0.2, 0.25) is 0 Å². The Labute approximate surface area is 102 Å². The predicted octanol–water partition coefficient (Wildman–Crippen LogP) is 2.60. The Bertz CT molecular complexity index is 606. The van der Waals surface area contributed by atoms with Crippen LogP contribution in [-0.4, -0.2) is 16.0 Å². The highest BCUT2D eigenvalue weighted by Gasteiger charge is 2.15. The average molecular weight is 248 g/mol. The predicted molar refractivity (Wildman–Crippen MR) is 61.3 cm³/mol. The molecule has 0 radical (unpaired) electrons. The Balaban J connectivity index is 2.51. The summed E-state index contributed by atoms with van der Waals surface area (Å²) in [4.78, 5) is 12.1. The summed E-state index contributed by atoms with van der Waals surface area (Å²) < 4.78 is 26.1. The van der Waals surface area contributed by atoms with Crippen LogP contribution in [0.2, 0.25) is 0 Å². The van der Waals surface area contributed by atoms with Crippen LogP contribution in [0, 0.1) is 25.5 Å². The second-order valence-electron chi connectivity index (χ2n) is 3.97. The first-order chi connectivity index (χ1) is 8.47. The summed E-state index contributed by atoms with van der Waals surface area (Å²) in [5, 5.41) is 7.61. The molecule has 0 bridgehead atoms. The Hall–Kier alpha value is -2.17. The number of aromatic nitrogens is 2. The van der Waals surface area contributed by atoms with Gasteiger partial charge in [-0.3, -0.25) is 4.79 Å². The number of hydrogen-bond donors (Lipinski definition) is 0. The number of halogens is 2. The molecule has 2 rings (SSSR count). The van der Waals surface area contributed by atoms with Crippen molar-refractivity contribution in [2.75, 3.05) is 0 Å². The van der Waals surface area contributed by atoms with E-state index in [0.717, 1.165) is 18.2 Å². The summed E-state index contributed by atoms with van der Waals surface area (Å²) in [5.74, 6) is -2.03. The molecule has 92 valence electrons. The monoisotopic (exact) mass is 248 g/mol. The molecule has 5 heteroatoms. The van der Waals surface area contributed by atoms with Crippen molar-refractivity contribution in [1.29, 1.82) is 0 Å². The Morgan fingerprint density at radius 1 is 1.00 bits per heavy atom. The summed E-state index contributed by atoms with van der Waals surface area (Å²) in [7, 11) is 0. The van der Waals surface area contributed by atoms with Gasteiger partial charge in [0.05, 0.1) is 11.4 Å². The van der Waals surface area contributed by atoms with E-state index >= 15 is 0 Å². The minimum Gasteiger partial charge on any atom is -0.289 e. The third-order valence-electron chi connectivity index (χ3n) is 2.47. The van der Waals surface area contributed by atoms with Gasteiger partial charge < -0.3 is 0 Å². The molecule has 1 heterocycles. The minimum absolute atomic E-state index is 0.0389. The summed E-state index contributed by atoms with van der Waals surface area (Å²) in [5.41, 5.74) is 1.26. The van der Waals surface area contributed by atoms with Crippen molar-refractivity contribution < 1.29 is 13.6 Å². The Morgan fingerprint density at radius 3 is 2.22 bits per heavy atom. The van der Waals surface area contributed by atoms with Gasteiger partial charge in [0.1, 0.15) is 11.6 Å². The number of carbonyl (C=O) groups excluding carboxylic acids is 1. The molecule has 0 aliphatic carbocycles. The number of carbonyl (C=O) groups is 1. The third-order valence-corrected chi connectivity index (χ3v) is 2.47. The van der Waals surface area contributed by atoms with Crippen LogP contribution in [0.25, 0.3) is 0 Å². The van der Waals surface area contributed by atoms with Crippen LogP contribution in [0.4, 0.5) is 8.78 Å². The molecule has 0 amide bonds. The normalized spacial score (nSPS) is 10.4. The van der Waals surface area contributed by atoms with Crippen LogP contribution < -0.4 is 0 Å². The molecule has 0 aliphatic rings. The fourth-order valence-corrected chi connectivity index (χ4v) is 1.62. The lowest BCUT2D eigenvalue weighted by atomic mass is 10.0. The van der Waals surface area contributed by atoms with E-state index in [4.69, 9.17) is 0 Å². The lowest BCUT2D eigenvalue weighted by Gasteiger charge is -2.05. The maximum Gasteiger partial charge on any atom is 0.195 e. The van der Waals surface area contributed by atoms with Gasteiger partial charge in [-0.15, -0.1) is 0 Å². The number of hydrogen-bond acceptors (Lipinski definition) is 3. The minimum atomic E-state index is -0.783. The molecule has 18 heavy (non-hydrogen) atoms. The van der Waals surface area contributed by atoms with Gasteiger partial charge in [-0.1, -0.05) is 0 Å². The number of ketones is 1. The van der Waals surface area contributed by atoms with Gasteiger partial charge in [0, 0.05) is 17.2 Å². The zero-order valence-electron chi connectivity index (χ0n) is 9.87. The largest absolute Gasteiger partial charge is 0.289 e. The van der Waals surface area contributed by atoms with Crippen LogP contribution in [-0.2, 0) is 0 Å². The molecule has 1 aromatic carbocycles. The summed E-state index contributed by atoms with van der Waals surface area (Å²) in [6.07, 6.45) is 0. The number of aryl methyl sites for hydroxylation is 2. The molecule has 0 saturated carbocycles. The van der Waals surface area contributed by atoms with Gasteiger partial charge in [0.15, 0.2) is 5.78 Å². The summed E-state index contributed by atoms with van der Waals surface area (Å²) in [6.45, 7) is 3.31. The van der Waals surface area contributed by atoms with E-state index in [1.807, 2.05) is 0 Å². The number of benzene rings is 1. The maximum absolute atomic E-state index is 13.1. The smallest absolute Gasteiger partial charge is 0.195 e. The fraction of sp³-hybridized carbons (Fsp3) is 0.154. The lowest BCUT2D eigenvalue weighted by Crippen LogP contribution is -2.08. The van der Waals surface area contributed by atoms with Crippen molar-refractivity contribution in [2.24, 2.45) is 0 Å². The molecule has 0 atom stereocenters. The summed E-state index contributed by atoms with van der Waals surface area (Å²) >= 11 is 0. The van der Waals surface area contributed by atoms with E-state index in [1.54, 1.807) is 19.9 Å². The standard InChI is InChI=1S/C13H10F2N2O/c1-7-3-12(8(2)17-16-7)13(18)9-4-10(14)6-11(15)5-9/h3-6H,1-2H3. The molecule has 2 aromatic rings. The maximum atomic E-state index is 13.1. The summed E-state index contributed by atoms with van der Waals surface area (Å²) in [6, 6.07) is 4.27. The highest BCUT2D eigenvalue weighted by Crippen LogP contribution is 2.15. The highest BCUT2D eigenvalue weighted by molar-refractivity contribution is 6.09. The molecule has 0 fully saturated rings. The molecular weight excluding hydrogens is 238 g/mol. The van der Waals surface area contributed by atoms with E-state index in [0.29, 0.717) is 17.0 Å². The van der Waals surface area contributed by atoms with E-state index in [9.17, 15) is 13.6 Å². The van der Waals surface area contributed by atoms with Gasteiger partial charge in [0.25, 0.3) is 0 Å².